The highest BCUT2D eigenvalue weighted by molar-refractivity contribution is 5.24. The monoisotopic (exact) mass is 304 g/mol. The van der Waals surface area contributed by atoms with E-state index in [9.17, 15) is 13.6 Å². The lowest BCUT2D eigenvalue weighted by Gasteiger charge is -2.13. The Morgan fingerprint density at radius 1 is 1.41 bits per heavy atom. The van der Waals surface area contributed by atoms with Gasteiger partial charge in [0.15, 0.2) is 0 Å². The summed E-state index contributed by atoms with van der Waals surface area (Å²) in [6.45, 7) is 1.74. The van der Waals surface area contributed by atoms with E-state index < -0.39 is 17.7 Å². The number of rotatable bonds is 3. The van der Waals surface area contributed by atoms with Gasteiger partial charge in [-0.1, -0.05) is 0 Å². The summed E-state index contributed by atoms with van der Waals surface area (Å²) in [5, 5.41) is 13.0. The van der Waals surface area contributed by atoms with Gasteiger partial charge in [0.2, 0.25) is 0 Å². The summed E-state index contributed by atoms with van der Waals surface area (Å²) in [4.78, 5) is 12.5. The van der Waals surface area contributed by atoms with Crippen LogP contribution in [0.5, 0.6) is 0 Å². The zero-order valence-corrected chi connectivity index (χ0v) is 12.0. The molecule has 1 aliphatic heterocycles. The van der Waals surface area contributed by atoms with Gasteiger partial charge in [-0.2, -0.15) is 10.4 Å². The molecule has 1 unspecified atom stereocenters. The number of hydrogen-bond acceptors (Lipinski definition) is 3. The van der Waals surface area contributed by atoms with Gasteiger partial charge in [0.25, 0.3) is 0 Å². The first-order chi connectivity index (χ1) is 10.5. The third kappa shape index (κ3) is 2.30. The highest BCUT2D eigenvalue weighted by atomic mass is 19.1. The summed E-state index contributed by atoms with van der Waals surface area (Å²) in [7, 11) is 0. The molecular weight excluding hydrogens is 290 g/mol. The predicted molar refractivity (Wildman–Crippen MR) is 74.2 cm³/mol. The summed E-state index contributed by atoms with van der Waals surface area (Å²) >= 11 is 0. The quantitative estimate of drug-likeness (QED) is 0.874. The van der Waals surface area contributed by atoms with Crippen LogP contribution in [0.15, 0.2) is 23.0 Å². The Bertz CT molecular complexity index is 798. The molecule has 0 saturated carbocycles. The second-order valence-electron chi connectivity index (χ2n) is 5.48. The van der Waals surface area contributed by atoms with Crippen molar-refractivity contribution in [1.82, 2.24) is 14.3 Å². The van der Waals surface area contributed by atoms with Gasteiger partial charge in [-0.3, -0.25) is 4.57 Å². The maximum absolute atomic E-state index is 13.4. The highest BCUT2D eigenvalue weighted by Gasteiger charge is 2.30. The Balaban J connectivity index is 2.05. The van der Waals surface area contributed by atoms with Gasteiger partial charge in [0.05, 0.1) is 24.6 Å². The van der Waals surface area contributed by atoms with Gasteiger partial charge in [-0.25, -0.2) is 18.3 Å². The molecule has 3 rings (SSSR count). The molecule has 5 nitrogen and oxygen atoms in total. The number of hydrogen-bond donors (Lipinski definition) is 0. The normalized spacial score (nSPS) is 18.0. The lowest BCUT2D eigenvalue weighted by atomic mass is 10.0. The van der Waals surface area contributed by atoms with Crippen molar-refractivity contribution in [3.63, 3.8) is 0 Å². The summed E-state index contributed by atoms with van der Waals surface area (Å²) in [6.07, 6.45) is 1.31. The molecule has 7 heteroatoms. The standard InChI is InChI=1S/C15H14F2N4O/c1-9(4-5-18)21-15(22)20-13(2-3-14(20)19-21)10-6-11(16)8-12(17)7-10/h6-9,13H,2-4H2,1H3/t9?,13-/m0/s1. The number of halogens is 2. The molecule has 0 aliphatic carbocycles. The predicted octanol–water partition coefficient (Wildman–Crippen LogP) is 2.33. The van der Waals surface area contributed by atoms with Crippen molar-refractivity contribution in [2.24, 2.45) is 0 Å². The van der Waals surface area contributed by atoms with Crippen LogP contribution < -0.4 is 5.69 Å². The van der Waals surface area contributed by atoms with E-state index in [2.05, 4.69) is 5.10 Å². The third-order valence-electron chi connectivity index (χ3n) is 3.93. The molecule has 2 atom stereocenters. The topological polar surface area (TPSA) is 63.6 Å². The van der Waals surface area contributed by atoms with Crippen LogP contribution in [0.3, 0.4) is 0 Å². The molecule has 1 aromatic carbocycles. The summed E-state index contributed by atoms with van der Waals surface area (Å²) in [6, 6.07) is 4.54. The zero-order chi connectivity index (χ0) is 15.9. The van der Waals surface area contributed by atoms with Gasteiger partial charge >= 0.3 is 5.69 Å². The second-order valence-corrected chi connectivity index (χ2v) is 5.48. The SMILES string of the molecule is CC(CC#N)n1nc2n(c1=O)[C@H](c1cc(F)cc(F)c1)CC2. The summed E-state index contributed by atoms with van der Waals surface area (Å²) in [5.74, 6) is -0.743. The maximum Gasteiger partial charge on any atom is 0.346 e. The molecule has 0 saturated heterocycles. The largest absolute Gasteiger partial charge is 0.346 e. The Labute approximate surface area is 125 Å². The van der Waals surface area contributed by atoms with Gasteiger partial charge in [0, 0.05) is 12.5 Å². The Kier molecular flexibility index (Phi) is 3.53. The van der Waals surface area contributed by atoms with Gasteiger partial charge in [-0.15, -0.1) is 0 Å². The van der Waals surface area contributed by atoms with Crippen LogP contribution in [0.4, 0.5) is 8.78 Å². The van der Waals surface area contributed by atoms with E-state index in [1.807, 2.05) is 6.07 Å². The average molecular weight is 304 g/mol. The molecule has 0 spiro atoms. The van der Waals surface area contributed by atoms with Crippen molar-refractivity contribution in [2.45, 2.75) is 38.3 Å². The first-order valence-corrected chi connectivity index (χ1v) is 7.04. The molecule has 114 valence electrons. The van der Waals surface area contributed by atoms with Crippen LogP contribution >= 0.6 is 0 Å². The fourth-order valence-corrected chi connectivity index (χ4v) is 2.90. The van der Waals surface area contributed by atoms with E-state index in [1.54, 1.807) is 6.92 Å². The number of nitrogens with zero attached hydrogens (tertiary/aromatic N) is 4. The van der Waals surface area contributed by atoms with E-state index in [0.29, 0.717) is 24.2 Å². The molecule has 22 heavy (non-hydrogen) atoms. The van der Waals surface area contributed by atoms with Crippen molar-refractivity contribution < 1.29 is 8.78 Å². The van der Waals surface area contributed by atoms with Crippen LogP contribution in [0.1, 0.15) is 43.2 Å². The van der Waals surface area contributed by atoms with Crippen molar-refractivity contribution in [3.05, 3.63) is 51.7 Å². The number of fused-ring (bicyclic) bond motifs is 1. The molecule has 2 heterocycles. The Morgan fingerprint density at radius 3 is 2.73 bits per heavy atom. The van der Waals surface area contributed by atoms with Crippen LogP contribution in [-0.2, 0) is 6.42 Å². The third-order valence-corrected chi connectivity index (χ3v) is 3.93. The van der Waals surface area contributed by atoms with Crippen molar-refractivity contribution in [1.29, 1.82) is 5.26 Å². The van der Waals surface area contributed by atoms with Crippen LogP contribution in [-0.4, -0.2) is 14.3 Å². The minimum Gasteiger partial charge on any atom is -0.271 e. The molecule has 2 aromatic rings. The van der Waals surface area contributed by atoms with E-state index in [4.69, 9.17) is 5.26 Å². The lowest BCUT2D eigenvalue weighted by molar-refractivity contribution is 0.460. The molecule has 0 radical (unpaired) electrons. The number of aromatic nitrogens is 3. The number of benzene rings is 1. The molecule has 0 N–H and O–H groups in total. The smallest absolute Gasteiger partial charge is 0.271 e. The minimum absolute atomic E-state index is 0.176. The fourth-order valence-electron chi connectivity index (χ4n) is 2.90. The maximum atomic E-state index is 13.4. The van der Waals surface area contributed by atoms with E-state index >= 15 is 0 Å². The molecule has 1 aromatic heterocycles. The molecular formula is C15H14F2N4O. The van der Waals surface area contributed by atoms with Crippen LogP contribution in [0.2, 0.25) is 0 Å². The molecule has 0 bridgehead atoms. The zero-order valence-electron chi connectivity index (χ0n) is 12.0. The molecule has 1 aliphatic rings. The Hall–Kier alpha value is -2.49. The molecule has 0 amide bonds. The van der Waals surface area contributed by atoms with Crippen LogP contribution in [0, 0.1) is 23.0 Å². The highest BCUT2D eigenvalue weighted by Crippen LogP contribution is 2.30. The van der Waals surface area contributed by atoms with E-state index in [-0.39, 0.29) is 18.2 Å². The summed E-state index contributed by atoms with van der Waals surface area (Å²) in [5.41, 5.74) is 0.0794. The first-order valence-electron chi connectivity index (χ1n) is 7.04. The van der Waals surface area contributed by atoms with Crippen LogP contribution in [0.25, 0.3) is 0 Å². The van der Waals surface area contributed by atoms with Crippen molar-refractivity contribution in [2.75, 3.05) is 0 Å². The van der Waals surface area contributed by atoms with Crippen molar-refractivity contribution in [3.8, 4) is 6.07 Å². The van der Waals surface area contributed by atoms with Gasteiger partial charge in [0.1, 0.15) is 17.5 Å². The Morgan fingerprint density at radius 2 is 2.09 bits per heavy atom. The minimum atomic E-state index is -0.665. The average Bonchev–Trinajstić information content (AvgIpc) is 2.99. The van der Waals surface area contributed by atoms with Gasteiger partial charge < -0.3 is 0 Å². The molecule has 0 fully saturated rings. The second kappa shape index (κ2) is 5.37. The summed E-state index contributed by atoms with van der Waals surface area (Å²) < 4.78 is 29.6. The lowest BCUT2D eigenvalue weighted by Crippen LogP contribution is -2.29. The van der Waals surface area contributed by atoms with E-state index in [0.717, 1.165) is 6.07 Å². The fraction of sp³-hybridized carbons (Fsp3) is 0.400. The number of aryl methyl sites for hydroxylation is 1. The number of nitriles is 1. The van der Waals surface area contributed by atoms with Gasteiger partial charge in [-0.05, 0) is 31.0 Å². The van der Waals surface area contributed by atoms with E-state index in [1.165, 1.54) is 21.4 Å². The first kappa shape index (κ1) is 14.4. The van der Waals surface area contributed by atoms with Crippen molar-refractivity contribution >= 4 is 0 Å².